The molecule has 7 rings (SSSR count). The molecule has 0 spiro atoms. The van der Waals surface area contributed by atoms with Crippen molar-refractivity contribution < 1.29 is 23.9 Å². The van der Waals surface area contributed by atoms with Gasteiger partial charge in [-0.1, -0.05) is 78.9 Å². The van der Waals surface area contributed by atoms with Crippen LogP contribution in [0.1, 0.15) is 46.5 Å². The van der Waals surface area contributed by atoms with Crippen LogP contribution in [0, 0.1) is 11.8 Å². The number of rotatable bonds is 5. The Kier molecular flexibility index (Phi) is 5.57. The van der Waals surface area contributed by atoms with Crippen LogP contribution in [0.2, 0.25) is 0 Å². The normalized spacial score (nSPS) is 28.3. The highest BCUT2D eigenvalue weighted by Crippen LogP contribution is 2.69. The summed E-state index contributed by atoms with van der Waals surface area (Å²) in [5.74, 6) is -4.46. The van der Waals surface area contributed by atoms with Crippen molar-refractivity contribution in [3.63, 3.8) is 0 Å². The fourth-order valence-electron chi connectivity index (χ4n) is 6.34. The minimum atomic E-state index is -1.34. The van der Waals surface area contributed by atoms with Crippen molar-refractivity contribution >= 4 is 46.8 Å². The zero-order chi connectivity index (χ0) is 27.0. The number of carbonyl (C=O) groups is 4. The van der Waals surface area contributed by atoms with Gasteiger partial charge in [-0.05, 0) is 36.1 Å². The summed E-state index contributed by atoms with van der Waals surface area (Å²) < 4.78 is 5.43. The lowest BCUT2D eigenvalue weighted by Crippen LogP contribution is -2.57. The maximum absolute atomic E-state index is 14.0. The average Bonchev–Trinajstić information content (AvgIpc) is 3.22. The Bertz CT molecular complexity index is 1400. The van der Waals surface area contributed by atoms with Gasteiger partial charge in [-0.25, -0.2) is 4.79 Å². The highest BCUT2D eigenvalue weighted by Gasteiger charge is 2.73. The molecular formula is C30H23Cl2NO5. The summed E-state index contributed by atoms with van der Waals surface area (Å²) in [4.78, 5) is 52.1. The van der Waals surface area contributed by atoms with Crippen molar-refractivity contribution in [2.24, 2.45) is 11.8 Å². The van der Waals surface area contributed by atoms with E-state index in [1.807, 2.05) is 48.5 Å². The number of esters is 1. The van der Waals surface area contributed by atoms with Gasteiger partial charge < -0.3 is 4.74 Å². The first-order valence-corrected chi connectivity index (χ1v) is 13.1. The number of hydrogen-bond donors (Lipinski definition) is 0. The molecule has 1 aliphatic heterocycles. The van der Waals surface area contributed by atoms with Crippen LogP contribution < -0.4 is 0 Å². The van der Waals surface area contributed by atoms with Gasteiger partial charge in [0.25, 0.3) is 0 Å². The van der Waals surface area contributed by atoms with E-state index in [1.54, 1.807) is 30.3 Å². The Morgan fingerprint density at radius 2 is 1.13 bits per heavy atom. The Balaban J connectivity index is 1.36. The van der Waals surface area contributed by atoms with E-state index in [2.05, 4.69) is 0 Å². The highest BCUT2D eigenvalue weighted by molar-refractivity contribution is 6.36. The summed E-state index contributed by atoms with van der Waals surface area (Å²) in [5.41, 5.74) is 3.10. The fourth-order valence-corrected chi connectivity index (χ4v) is 7.44. The molecule has 3 aromatic carbocycles. The summed E-state index contributed by atoms with van der Waals surface area (Å²) in [6, 6.07) is 21.8. The second-order valence-electron chi connectivity index (χ2n) is 10.0. The lowest BCUT2D eigenvalue weighted by atomic mass is 9.54. The molecule has 38 heavy (non-hydrogen) atoms. The molecule has 3 aromatic rings. The monoisotopic (exact) mass is 547 g/mol. The van der Waals surface area contributed by atoms with Gasteiger partial charge in [-0.3, -0.25) is 19.3 Å². The first-order chi connectivity index (χ1) is 18.1. The van der Waals surface area contributed by atoms with E-state index >= 15 is 0 Å². The molecule has 0 radical (unpaired) electrons. The van der Waals surface area contributed by atoms with Gasteiger partial charge >= 0.3 is 5.97 Å². The fraction of sp³-hybridized carbons (Fsp3) is 0.267. The van der Waals surface area contributed by atoms with Crippen molar-refractivity contribution in [2.75, 3.05) is 0 Å². The topological polar surface area (TPSA) is 80.8 Å². The second-order valence-corrected chi connectivity index (χ2v) is 11.2. The summed E-state index contributed by atoms with van der Waals surface area (Å²) in [6.45, 7) is 2.88. The Hall–Kier alpha value is -3.48. The highest BCUT2D eigenvalue weighted by atomic mass is 35.5. The van der Waals surface area contributed by atoms with E-state index in [0.29, 0.717) is 27.8 Å². The van der Waals surface area contributed by atoms with Gasteiger partial charge in [-0.15, -0.1) is 23.2 Å². The number of carbonyl (C=O) groups excluding carboxylic acids is 4. The van der Waals surface area contributed by atoms with Gasteiger partial charge in [0, 0.05) is 5.56 Å². The first kappa shape index (κ1) is 24.8. The smallest absolute Gasteiger partial charge is 0.329 e. The van der Waals surface area contributed by atoms with Crippen LogP contribution >= 0.6 is 23.2 Å². The molecule has 1 saturated heterocycles. The minimum absolute atomic E-state index is 0.387. The zero-order valence-electron chi connectivity index (χ0n) is 20.6. The molecule has 2 amide bonds. The summed E-state index contributed by atoms with van der Waals surface area (Å²) in [6.07, 6.45) is -1.11. The van der Waals surface area contributed by atoms with E-state index in [1.165, 1.54) is 13.8 Å². The van der Waals surface area contributed by atoms with Crippen molar-refractivity contribution in [2.45, 2.75) is 35.7 Å². The molecule has 4 atom stereocenters. The van der Waals surface area contributed by atoms with Gasteiger partial charge in [0.15, 0.2) is 6.10 Å². The SMILES string of the molecule is C[C@H](OC(=O)[C@H](C)N1C(=O)[C@@H]2[C@@H](C1=O)C1(Cl)c3ccccc3C2(Cl)c2ccccc21)C(=O)c1ccccc1. The Labute approximate surface area is 229 Å². The van der Waals surface area contributed by atoms with Crippen LogP contribution in [0.25, 0.3) is 0 Å². The standard InChI is InChI=1S/C30H23Cl2NO5/c1-16(28(37)38-17(2)25(34)18-10-4-3-5-11-18)33-26(35)23-24(27(33)36)30(32)20-13-7-6-12-19(20)29(23,31)21-14-8-9-15-22(21)30/h3-17,23-24H,1-2H3/t16-,17-,23-,24-,29?,30?/m0/s1. The minimum Gasteiger partial charge on any atom is -0.453 e. The van der Waals surface area contributed by atoms with Crippen molar-refractivity contribution in [3.8, 4) is 0 Å². The molecule has 1 fully saturated rings. The molecule has 192 valence electrons. The number of amides is 2. The van der Waals surface area contributed by atoms with Crippen LogP contribution in [-0.2, 0) is 28.9 Å². The molecule has 2 bridgehead atoms. The van der Waals surface area contributed by atoms with Gasteiger partial charge in [0.05, 0.1) is 11.8 Å². The number of hydrogen-bond acceptors (Lipinski definition) is 5. The van der Waals surface area contributed by atoms with E-state index in [4.69, 9.17) is 27.9 Å². The number of halogens is 2. The van der Waals surface area contributed by atoms with Crippen molar-refractivity contribution in [3.05, 3.63) is 107 Å². The molecule has 6 nitrogen and oxygen atoms in total. The zero-order valence-corrected chi connectivity index (χ0v) is 22.1. The second kappa shape index (κ2) is 8.52. The molecule has 0 aromatic heterocycles. The third-order valence-corrected chi connectivity index (χ3v) is 9.35. The quantitative estimate of drug-likeness (QED) is 0.199. The number of nitrogens with zero attached hydrogens (tertiary/aromatic N) is 1. The first-order valence-electron chi connectivity index (χ1n) is 12.4. The molecule has 0 unspecified atom stereocenters. The lowest BCUT2D eigenvalue weighted by molar-refractivity contribution is -0.159. The van der Waals surface area contributed by atoms with Gasteiger partial charge in [0.2, 0.25) is 17.6 Å². The van der Waals surface area contributed by atoms with Crippen LogP contribution in [-0.4, -0.2) is 40.6 Å². The van der Waals surface area contributed by atoms with Crippen molar-refractivity contribution in [1.82, 2.24) is 4.90 Å². The predicted octanol–water partition coefficient (Wildman–Crippen LogP) is 4.78. The van der Waals surface area contributed by atoms with Crippen molar-refractivity contribution in [1.29, 1.82) is 0 Å². The molecule has 8 heteroatoms. The number of benzene rings is 3. The summed E-state index contributed by atoms with van der Waals surface area (Å²) in [7, 11) is 0. The summed E-state index contributed by atoms with van der Waals surface area (Å²) >= 11 is 14.8. The Morgan fingerprint density at radius 3 is 1.55 bits per heavy atom. The number of Topliss-reactive ketones (excluding diaryl/α,β-unsaturated/α-hetero) is 1. The number of alkyl halides is 2. The number of imide groups is 1. The van der Waals surface area contributed by atoms with E-state index < -0.39 is 51.5 Å². The van der Waals surface area contributed by atoms with E-state index in [0.717, 1.165) is 4.90 Å². The molecule has 0 N–H and O–H groups in total. The molecule has 0 saturated carbocycles. The maximum atomic E-state index is 14.0. The van der Waals surface area contributed by atoms with Crippen LogP contribution in [0.5, 0.6) is 0 Å². The Morgan fingerprint density at radius 1 is 0.737 bits per heavy atom. The van der Waals surface area contributed by atoms with Crippen LogP contribution in [0.4, 0.5) is 0 Å². The average molecular weight is 548 g/mol. The van der Waals surface area contributed by atoms with Crippen LogP contribution in [0.15, 0.2) is 78.9 Å². The predicted molar refractivity (Wildman–Crippen MR) is 141 cm³/mol. The summed E-state index contributed by atoms with van der Waals surface area (Å²) in [5, 5.41) is 0. The lowest BCUT2D eigenvalue weighted by Gasteiger charge is -2.54. The van der Waals surface area contributed by atoms with E-state index in [9.17, 15) is 19.2 Å². The number of ether oxygens (including phenoxy) is 1. The molecule has 4 aliphatic rings. The number of ketones is 1. The largest absolute Gasteiger partial charge is 0.453 e. The van der Waals surface area contributed by atoms with Gasteiger partial charge in [-0.2, -0.15) is 0 Å². The third kappa shape index (κ3) is 3.07. The third-order valence-electron chi connectivity index (χ3n) is 8.07. The maximum Gasteiger partial charge on any atom is 0.329 e. The molecule has 3 aliphatic carbocycles. The van der Waals surface area contributed by atoms with E-state index in [-0.39, 0.29) is 5.78 Å². The van der Waals surface area contributed by atoms with Gasteiger partial charge in [0.1, 0.15) is 15.8 Å². The molecular weight excluding hydrogens is 525 g/mol. The molecule has 1 heterocycles. The number of likely N-dealkylation sites (tertiary alicyclic amines) is 1. The van der Waals surface area contributed by atoms with Crippen LogP contribution in [0.3, 0.4) is 0 Å².